The second kappa shape index (κ2) is 5.95. The molecule has 1 aromatic heterocycles. The number of carbonyl (C=O) groups is 1. The Kier molecular flexibility index (Phi) is 4.26. The standard InChI is InChI=1S/C15H12F3NO2/c1-21-14(20)12-4-2-10(3-5-12)6-11-7-13(9-19-8-11)15(16,17)18/h2-5,7-9H,6H2,1H3. The van der Waals surface area contributed by atoms with Crippen LogP contribution in [0.15, 0.2) is 42.7 Å². The Morgan fingerprint density at radius 3 is 2.38 bits per heavy atom. The summed E-state index contributed by atoms with van der Waals surface area (Å²) in [5.41, 5.74) is 0.856. The van der Waals surface area contributed by atoms with Crippen molar-refractivity contribution in [2.24, 2.45) is 0 Å². The number of methoxy groups -OCH3 is 1. The van der Waals surface area contributed by atoms with Gasteiger partial charge in [-0.2, -0.15) is 13.2 Å². The van der Waals surface area contributed by atoms with Gasteiger partial charge in [-0.05, 0) is 35.7 Å². The molecule has 2 aromatic rings. The molecule has 0 N–H and O–H groups in total. The topological polar surface area (TPSA) is 39.2 Å². The first-order chi connectivity index (χ1) is 9.90. The van der Waals surface area contributed by atoms with Gasteiger partial charge in [-0.1, -0.05) is 12.1 Å². The van der Waals surface area contributed by atoms with Crippen molar-refractivity contribution in [3.63, 3.8) is 0 Å². The summed E-state index contributed by atoms with van der Waals surface area (Å²) < 4.78 is 42.4. The van der Waals surface area contributed by atoms with Crippen LogP contribution in [0.4, 0.5) is 13.2 Å². The van der Waals surface area contributed by atoms with Gasteiger partial charge in [-0.25, -0.2) is 4.79 Å². The van der Waals surface area contributed by atoms with Crippen molar-refractivity contribution < 1.29 is 22.7 Å². The number of hydrogen-bond acceptors (Lipinski definition) is 3. The molecular weight excluding hydrogens is 283 g/mol. The molecule has 6 heteroatoms. The summed E-state index contributed by atoms with van der Waals surface area (Å²) in [7, 11) is 1.28. The zero-order valence-corrected chi connectivity index (χ0v) is 11.1. The summed E-state index contributed by atoms with van der Waals surface area (Å²) in [5, 5.41) is 0. The second-order valence-corrected chi connectivity index (χ2v) is 4.44. The van der Waals surface area contributed by atoms with Gasteiger partial charge in [0.15, 0.2) is 0 Å². The van der Waals surface area contributed by atoms with Crippen LogP contribution in [-0.4, -0.2) is 18.1 Å². The maximum absolute atomic E-state index is 12.6. The third kappa shape index (κ3) is 3.81. The largest absolute Gasteiger partial charge is 0.465 e. The lowest BCUT2D eigenvalue weighted by atomic mass is 10.0. The number of alkyl halides is 3. The minimum absolute atomic E-state index is 0.304. The molecule has 110 valence electrons. The first-order valence-electron chi connectivity index (χ1n) is 6.08. The summed E-state index contributed by atoms with van der Waals surface area (Å²) in [6.07, 6.45) is -1.91. The van der Waals surface area contributed by atoms with Crippen LogP contribution in [0, 0.1) is 0 Å². The first-order valence-corrected chi connectivity index (χ1v) is 6.08. The van der Waals surface area contributed by atoms with Crippen molar-refractivity contribution in [1.82, 2.24) is 4.98 Å². The average Bonchev–Trinajstić information content (AvgIpc) is 2.47. The van der Waals surface area contributed by atoms with Crippen molar-refractivity contribution in [2.75, 3.05) is 7.11 Å². The van der Waals surface area contributed by atoms with E-state index in [9.17, 15) is 18.0 Å². The molecule has 0 spiro atoms. The van der Waals surface area contributed by atoms with Gasteiger partial charge in [-0.15, -0.1) is 0 Å². The van der Waals surface area contributed by atoms with Gasteiger partial charge in [0.05, 0.1) is 18.2 Å². The van der Waals surface area contributed by atoms with E-state index >= 15 is 0 Å². The lowest BCUT2D eigenvalue weighted by molar-refractivity contribution is -0.137. The lowest BCUT2D eigenvalue weighted by Crippen LogP contribution is -2.06. The zero-order chi connectivity index (χ0) is 15.5. The van der Waals surface area contributed by atoms with Crippen LogP contribution >= 0.6 is 0 Å². The number of hydrogen-bond donors (Lipinski definition) is 0. The van der Waals surface area contributed by atoms with Gasteiger partial charge in [0.25, 0.3) is 0 Å². The van der Waals surface area contributed by atoms with E-state index in [-0.39, 0.29) is 0 Å². The highest BCUT2D eigenvalue weighted by Gasteiger charge is 2.30. The molecule has 3 nitrogen and oxygen atoms in total. The van der Waals surface area contributed by atoms with Crippen LogP contribution in [-0.2, 0) is 17.3 Å². The van der Waals surface area contributed by atoms with Crippen LogP contribution < -0.4 is 0 Å². The van der Waals surface area contributed by atoms with E-state index < -0.39 is 17.7 Å². The Balaban J connectivity index is 2.17. The van der Waals surface area contributed by atoms with E-state index in [1.54, 1.807) is 24.3 Å². The van der Waals surface area contributed by atoms with E-state index in [0.717, 1.165) is 17.8 Å². The van der Waals surface area contributed by atoms with Crippen LogP contribution in [0.2, 0.25) is 0 Å². The molecule has 0 atom stereocenters. The third-order valence-electron chi connectivity index (χ3n) is 2.91. The highest BCUT2D eigenvalue weighted by molar-refractivity contribution is 5.89. The predicted octanol–water partition coefficient (Wildman–Crippen LogP) is 3.48. The SMILES string of the molecule is COC(=O)c1ccc(Cc2cncc(C(F)(F)F)c2)cc1. The van der Waals surface area contributed by atoms with Gasteiger partial charge >= 0.3 is 12.1 Å². The summed E-state index contributed by atoms with van der Waals surface area (Å²) in [6, 6.07) is 7.56. The number of halogens is 3. The average molecular weight is 295 g/mol. The van der Waals surface area contributed by atoms with E-state index in [2.05, 4.69) is 9.72 Å². The Hall–Kier alpha value is -2.37. The van der Waals surface area contributed by atoms with Crippen LogP contribution in [0.3, 0.4) is 0 Å². The van der Waals surface area contributed by atoms with E-state index in [1.165, 1.54) is 13.3 Å². The molecular formula is C15H12F3NO2. The highest BCUT2D eigenvalue weighted by Crippen LogP contribution is 2.29. The summed E-state index contributed by atoms with van der Waals surface area (Å²) >= 11 is 0. The van der Waals surface area contributed by atoms with Crippen molar-refractivity contribution in [1.29, 1.82) is 0 Å². The molecule has 2 rings (SSSR count). The maximum Gasteiger partial charge on any atom is 0.417 e. The summed E-state index contributed by atoms with van der Waals surface area (Å²) in [5.74, 6) is -0.456. The maximum atomic E-state index is 12.6. The Morgan fingerprint density at radius 2 is 1.81 bits per heavy atom. The van der Waals surface area contributed by atoms with Crippen LogP contribution in [0.5, 0.6) is 0 Å². The highest BCUT2D eigenvalue weighted by atomic mass is 19.4. The quantitative estimate of drug-likeness (QED) is 0.814. The number of aromatic nitrogens is 1. The van der Waals surface area contributed by atoms with E-state index in [1.807, 2.05) is 0 Å². The molecule has 0 radical (unpaired) electrons. The zero-order valence-electron chi connectivity index (χ0n) is 11.1. The molecule has 0 fully saturated rings. The number of nitrogens with zero attached hydrogens (tertiary/aromatic N) is 1. The Labute approximate surface area is 119 Å². The van der Waals surface area contributed by atoms with Crippen molar-refractivity contribution in [2.45, 2.75) is 12.6 Å². The van der Waals surface area contributed by atoms with Crippen LogP contribution in [0.1, 0.15) is 27.0 Å². The van der Waals surface area contributed by atoms with Gasteiger partial charge < -0.3 is 4.74 Å². The van der Waals surface area contributed by atoms with Crippen molar-refractivity contribution in [3.05, 3.63) is 65.0 Å². The molecule has 1 heterocycles. The number of carbonyl (C=O) groups excluding carboxylic acids is 1. The molecule has 0 aliphatic heterocycles. The smallest absolute Gasteiger partial charge is 0.417 e. The molecule has 0 saturated heterocycles. The van der Waals surface area contributed by atoms with Crippen LogP contribution in [0.25, 0.3) is 0 Å². The molecule has 0 unspecified atom stereocenters. The third-order valence-corrected chi connectivity index (χ3v) is 2.91. The number of esters is 1. The second-order valence-electron chi connectivity index (χ2n) is 4.44. The lowest BCUT2D eigenvalue weighted by Gasteiger charge is -2.08. The molecule has 0 aliphatic rings. The van der Waals surface area contributed by atoms with Crippen molar-refractivity contribution in [3.8, 4) is 0 Å². The molecule has 21 heavy (non-hydrogen) atoms. The number of rotatable bonds is 3. The molecule has 0 bridgehead atoms. The Bertz CT molecular complexity index is 636. The molecule has 1 aromatic carbocycles. The first kappa shape index (κ1) is 15.0. The molecule has 0 amide bonds. The van der Waals surface area contributed by atoms with E-state index in [0.29, 0.717) is 17.5 Å². The fourth-order valence-corrected chi connectivity index (χ4v) is 1.85. The predicted molar refractivity (Wildman–Crippen MR) is 69.8 cm³/mol. The van der Waals surface area contributed by atoms with Gasteiger partial charge in [0, 0.05) is 12.4 Å². The van der Waals surface area contributed by atoms with Crippen molar-refractivity contribution >= 4 is 5.97 Å². The molecule has 0 saturated carbocycles. The number of benzene rings is 1. The Morgan fingerprint density at radius 1 is 1.14 bits per heavy atom. The van der Waals surface area contributed by atoms with Gasteiger partial charge in [0.2, 0.25) is 0 Å². The minimum Gasteiger partial charge on any atom is -0.465 e. The van der Waals surface area contributed by atoms with Gasteiger partial charge in [0.1, 0.15) is 0 Å². The molecule has 0 aliphatic carbocycles. The van der Waals surface area contributed by atoms with Gasteiger partial charge in [-0.3, -0.25) is 4.98 Å². The summed E-state index contributed by atoms with van der Waals surface area (Å²) in [4.78, 5) is 14.9. The minimum atomic E-state index is -4.41. The summed E-state index contributed by atoms with van der Waals surface area (Å²) in [6.45, 7) is 0. The fourth-order valence-electron chi connectivity index (χ4n) is 1.85. The number of ether oxygens (including phenoxy) is 1. The normalized spacial score (nSPS) is 11.2. The fraction of sp³-hybridized carbons (Fsp3) is 0.200. The number of pyridine rings is 1. The van der Waals surface area contributed by atoms with E-state index in [4.69, 9.17) is 0 Å². The monoisotopic (exact) mass is 295 g/mol.